The maximum atomic E-state index is 12.4. The first-order valence-electron chi connectivity index (χ1n) is 7.95. The molecule has 5 nitrogen and oxygen atoms in total. The third-order valence-corrected chi connectivity index (χ3v) is 4.67. The van der Waals surface area contributed by atoms with Crippen LogP contribution < -0.4 is 5.56 Å². The summed E-state index contributed by atoms with van der Waals surface area (Å²) in [6, 6.07) is 9.35. The summed E-state index contributed by atoms with van der Waals surface area (Å²) in [5.41, 5.74) is 2.80. The summed E-state index contributed by atoms with van der Waals surface area (Å²) in [5, 5.41) is 9.75. The van der Waals surface area contributed by atoms with Crippen molar-refractivity contribution in [1.29, 1.82) is 5.26 Å². The number of carbonyl (C=O) groups is 1. The molecule has 1 heterocycles. The Morgan fingerprint density at radius 2 is 2.00 bits per heavy atom. The van der Waals surface area contributed by atoms with E-state index < -0.39 is 0 Å². The Morgan fingerprint density at radius 3 is 2.64 bits per heavy atom. The van der Waals surface area contributed by atoms with Gasteiger partial charge in [0.25, 0.3) is 5.56 Å². The van der Waals surface area contributed by atoms with Crippen LogP contribution >= 0.6 is 11.6 Å². The number of H-pyrrole nitrogens is 1. The third kappa shape index (κ3) is 4.28. The summed E-state index contributed by atoms with van der Waals surface area (Å²) in [6.45, 7) is 3.96. The fraction of sp³-hybridized carbons (Fsp3) is 0.316. The third-order valence-electron chi connectivity index (χ3n) is 4.30. The van der Waals surface area contributed by atoms with Gasteiger partial charge < -0.3 is 9.88 Å². The number of halogens is 1. The van der Waals surface area contributed by atoms with E-state index in [2.05, 4.69) is 4.98 Å². The maximum absolute atomic E-state index is 12.4. The van der Waals surface area contributed by atoms with Crippen LogP contribution in [-0.2, 0) is 17.8 Å². The number of aryl methyl sites for hydroxylation is 1. The second kappa shape index (κ2) is 8.00. The zero-order valence-electron chi connectivity index (χ0n) is 14.5. The van der Waals surface area contributed by atoms with Gasteiger partial charge in [0.2, 0.25) is 5.91 Å². The first-order chi connectivity index (χ1) is 11.8. The average Bonchev–Trinajstić information content (AvgIpc) is 2.56. The fourth-order valence-corrected chi connectivity index (χ4v) is 3.01. The number of pyridine rings is 1. The number of hydrogen-bond acceptors (Lipinski definition) is 3. The second-order valence-electron chi connectivity index (χ2n) is 6.01. The Morgan fingerprint density at radius 1 is 1.32 bits per heavy atom. The summed E-state index contributed by atoms with van der Waals surface area (Å²) in [7, 11) is 1.74. The van der Waals surface area contributed by atoms with E-state index in [4.69, 9.17) is 16.9 Å². The minimum Gasteiger partial charge on any atom is -0.341 e. The van der Waals surface area contributed by atoms with Gasteiger partial charge >= 0.3 is 0 Å². The first-order valence-corrected chi connectivity index (χ1v) is 8.32. The average molecular weight is 358 g/mol. The second-order valence-corrected chi connectivity index (χ2v) is 6.42. The lowest BCUT2D eigenvalue weighted by Crippen LogP contribution is -2.27. The molecule has 0 saturated heterocycles. The predicted octanol–water partition coefficient (Wildman–Crippen LogP) is 3.11. The lowest BCUT2D eigenvalue weighted by atomic mass is 9.99. The Labute approximate surface area is 151 Å². The molecule has 0 fully saturated rings. The number of aromatic nitrogens is 1. The molecule has 0 radical (unpaired) electrons. The largest absolute Gasteiger partial charge is 0.341 e. The molecule has 1 aromatic heterocycles. The van der Waals surface area contributed by atoms with Gasteiger partial charge in [-0.3, -0.25) is 9.59 Å². The van der Waals surface area contributed by atoms with Crippen LogP contribution in [0, 0.1) is 25.2 Å². The van der Waals surface area contributed by atoms with Gasteiger partial charge in [0.05, 0.1) is 0 Å². The summed E-state index contributed by atoms with van der Waals surface area (Å²) in [4.78, 5) is 28.5. The van der Waals surface area contributed by atoms with Crippen LogP contribution in [0.1, 0.15) is 34.4 Å². The molecule has 0 aliphatic carbocycles. The van der Waals surface area contributed by atoms with E-state index in [1.807, 2.05) is 24.3 Å². The molecule has 0 atom stereocenters. The van der Waals surface area contributed by atoms with Crippen molar-refractivity contribution in [2.24, 2.45) is 0 Å². The quantitative estimate of drug-likeness (QED) is 0.893. The molecule has 1 N–H and O–H groups in total. The minimum absolute atomic E-state index is 0.0246. The Bertz CT molecular complexity index is 897. The van der Waals surface area contributed by atoms with Crippen LogP contribution in [0.2, 0.25) is 5.02 Å². The van der Waals surface area contributed by atoms with E-state index in [1.54, 1.807) is 31.9 Å². The molecular formula is C19H20ClN3O2. The molecular weight excluding hydrogens is 338 g/mol. The summed E-state index contributed by atoms with van der Waals surface area (Å²) in [6.07, 6.45) is 0.758. The van der Waals surface area contributed by atoms with Crippen LogP contribution in [-0.4, -0.2) is 22.8 Å². The number of benzene rings is 1. The molecule has 2 rings (SSSR count). The van der Waals surface area contributed by atoms with E-state index in [1.165, 1.54) is 0 Å². The molecule has 0 spiro atoms. The van der Waals surface area contributed by atoms with Crippen LogP contribution in [0.3, 0.4) is 0 Å². The topological polar surface area (TPSA) is 77.0 Å². The van der Waals surface area contributed by atoms with E-state index in [0.717, 1.165) is 11.1 Å². The molecule has 0 aliphatic heterocycles. The highest BCUT2D eigenvalue weighted by Gasteiger charge is 2.15. The van der Waals surface area contributed by atoms with Gasteiger partial charge in [0.1, 0.15) is 11.6 Å². The monoisotopic (exact) mass is 357 g/mol. The summed E-state index contributed by atoms with van der Waals surface area (Å²) < 4.78 is 0. The number of carbonyl (C=O) groups excluding carboxylic acids is 1. The molecule has 0 bridgehead atoms. The molecule has 6 heteroatoms. The molecule has 0 aliphatic rings. The lowest BCUT2D eigenvalue weighted by molar-refractivity contribution is -0.130. The van der Waals surface area contributed by atoms with Crippen molar-refractivity contribution >= 4 is 17.5 Å². The number of nitriles is 1. The zero-order valence-corrected chi connectivity index (χ0v) is 15.3. The van der Waals surface area contributed by atoms with Crippen molar-refractivity contribution in [2.45, 2.75) is 33.2 Å². The first kappa shape index (κ1) is 18.8. The smallest absolute Gasteiger partial charge is 0.266 e. The Kier molecular flexibility index (Phi) is 6.00. The number of aromatic amines is 1. The molecule has 2 aromatic rings. The number of hydrogen-bond donors (Lipinski definition) is 1. The van der Waals surface area contributed by atoms with Gasteiger partial charge in [0.15, 0.2) is 0 Å². The number of amides is 1. The van der Waals surface area contributed by atoms with Crippen LogP contribution in [0.15, 0.2) is 29.1 Å². The van der Waals surface area contributed by atoms with Crippen LogP contribution in [0.25, 0.3) is 0 Å². The maximum Gasteiger partial charge on any atom is 0.266 e. The van der Waals surface area contributed by atoms with Crippen LogP contribution in [0.5, 0.6) is 0 Å². The van der Waals surface area contributed by atoms with Crippen molar-refractivity contribution in [1.82, 2.24) is 9.88 Å². The van der Waals surface area contributed by atoms with Crippen molar-refractivity contribution in [3.8, 4) is 6.07 Å². The molecule has 1 aromatic carbocycles. The molecule has 25 heavy (non-hydrogen) atoms. The van der Waals surface area contributed by atoms with Crippen molar-refractivity contribution in [3.63, 3.8) is 0 Å². The standard InChI is InChI=1S/C19H20ClN3O2/c1-12-15(13(2)22-19(25)16(12)10-21)8-9-18(24)23(3)11-14-6-4-5-7-17(14)20/h4-7H,8-9,11H2,1-3H3,(H,22,25). The highest BCUT2D eigenvalue weighted by molar-refractivity contribution is 6.31. The molecule has 1 amide bonds. The predicted molar refractivity (Wildman–Crippen MR) is 97.5 cm³/mol. The highest BCUT2D eigenvalue weighted by Crippen LogP contribution is 2.18. The van der Waals surface area contributed by atoms with E-state index in [0.29, 0.717) is 35.7 Å². The number of nitrogens with one attached hydrogen (secondary N) is 1. The van der Waals surface area contributed by atoms with Crippen molar-refractivity contribution in [2.75, 3.05) is 7.05 Å². The van der Waals surface area contributed by atoms with Gasteiger partial charge in [0, 0.05) is 30.7 Å². The number of rotatable bonds is 5. The minimum atomic E-state index is -0.386. The van der Waals surface area contributed by atoms with Gasteiger partial charge in [-0.1, -0.05) is 29.8 Å². The van der Waals surface area contributed by atoms with E-state index in [-0.39, 0.29) is 17.0 Å². The lowest BCUT2D eigenvalue weighted by Gasteiger charge is -2.19. The van der Waals surface area contributed by atoms with E-state index >= 15 is 0 Å². The Balaban J connectivity index is 2.09. The fourth-order valence-electron chi connectivity index (χ4n) is 2.81. The van der Waals surface area contributed by atoms with Gasteiger partial charge in [-0.15, -0.1) is 0 Å². The van der Waals surface area contributed by atoms with Gasteiger partial charge in [-0.2, -0.15) is 5.26 Å². The van der Waals surface area contributed by atoms with Gasteiger partial charge in [-0.25, -0.2) is 0 Å². The van der Waals surface area contributed by atoms with E-state index in [9.17, 15) is 9.59 Å². The van der Waals surface area contributed by atoms with Gasteiger partial charge in [-0.05, 0) is 43.0 Å². The molecule has 0 saturated carbocycles. The summed E-state index contributed by atoms with van der Waals surface area (Å²) >= 11 is 6.13. The number of nitrogens with zero attached hydrogens (tertiary/aromatic N) is 2. The SMILES string of the molecule is Cc1[nH]c(=O)c(C#N)c(C)c1CCC(=O)N(C)Cc1ccccc1Cl. The van der Waals surface area contributed by atoms with Crippen molar-refractivity contribution < 1.29 is 4.79 Å². The summed E-state index contributed by atoms with van der Waals surface area (Å²) in [5.74, 6) is -0.0246. The molecule has 0 unspecified atom stereocenters. The highest BCUT2D eigenvalue weighted by atomic mass is 35.5. The zero-order chi connectivity index (χ0) is 18.6. The van der Waals surface area contributed by atoms with Crippen LogP contribution in [0.4, 0.5) is 0 Å². The Hall–Kier alpha value is -2.58. The normalized spacial score (nSPS) is 10.4. The van der Waals surface area contributed by atoms with Crippen molar-refractivity contribution in [3.05, 3.63) is 67.6 Å². The molecule has 130 valence electrons.